The lowest BCUT2D eigenvalue weighted by Crippen LogP contribution is -2.39. The molecule has 1 unspecified atom stereocenters. The Morgan fingerprint density at radius 3 is 2.30 bits per heavy atom. The third-order valence-electron chi connectivity index (χ3n) is 3.57. The first kappa shape index (κ1) is 17.7. The maximum atomic E-state index is 3.67. The van der Waals surface area contributed by atoms with E-state index in [9.17, 15) is 0 Å². The minimum Gasteiger partial charge on any atom is -0.312 e. The van der Waals surface area contributed by atoms with E-state index in [-0.39, 0.29) is 5.54 Å². The smallest absolute Gasteiger partial charge is 0.0175 e. The van der Waals surface area contributed by atoms with E-state index in [2.05, 4.69) is 73.2 Å². The lowest BCUT2D eigenvalue weighted by molar-refractivity contribution is 0.350. The maximum Gasteiger partial charge on any atom is 0.0175 e. The van der Waals surface area contributed by atoms with Gasteiger partial charge in [-0.3, -0.25) is 0 Å². The first-order chi connectivity index (χ1) is 9.40. The molecule has 0 fully saturated rings. The number of benzene rings is 1. The third kappa shape index (κ3) is 8.06. The van der Waals surface area contributed by atoms with Gasteiger partial charge in [0.05, 0.1) is 0 Å². The summed E-state index contributed by atoms with van der Waals surface area (Å²) in [4.78, 5) is 0. The summed E-state index contributed by atoms with van der Waals surface area (Å²) >= 11 is 3.51. The minimum absolute atomic E-state index is 0.211. The van der Waals surface area contributed by atoms with Crippen LogP contribution >= 0.6 is 15.9 Å². The van der Waals surface area contributed by atoms with E-state index in [1.807, 2.05) is 0 Å². The zero-order chi connectivity index (χ0) is 15.0. The number of rotatable bonds is 8. The van der Waals surface area contributed by atoms with Crippen LogP contribution in [-0.4, -0.2) is 12.1 Å². The highest BCUT2D eigenvalue weighted by atomic mass is 79.9. The summed E-state index contributed by atoms with van der Waals surface area (Å²) in [6.45, 7) is 10.1. The van der Waals surface area contributed by atoms with E-state index < -0.39 is 0 Å². The van der Waals surface area contributed by atoms with Crippen LogP contribution in [-0.2, 0) is 6.42 Å². The van der Waals surface area contributed by atoms with Crippen LogP contribution in [0.5, 0.6) is 0 Å². The van der Waals surface area contributed by atoms with E-state index in [1.165, 1.54) is 37.7 Å². The van der Waals surface area contributed by atoms with Crippen molar-refractivity contribution in [2.45, 2.75) is 65.3 Å². The van der Waals surface area contributed by atoms with Gasteiger partial charge < -0.3 is 5.32 Å². The molecule has 1 atom stereocenters. The van der Waals surface area contributed by atoms with Gasteiger partial charge in [0.25, 0.3) is 0 Å². The molecule has 2 heteroatoms. The van der Waals surface area contributed by atoms with Crippen LogP contribution < -0.4 is 5.32 Å². The fourth-order valence-electron chi connectivity index (χ4n) is 2.36. The maximum absolute atomic E-state index is 3.67. The summed E-state index contributed by atoms with van der Waals surface area (Å²) in [5.74, 6) is 0.738. The predicted molar refractivity (Wildman–Crippen MR) is 93.2 cm³/mol. The van der Waals surface area contributed by atoms with Gasteiger partial charge in [0, 0.05) is 10.0 Å². The largest absolute Gasteiger partial charge is 0.312 e. The Balaban J connectivity index is 2.54. The number of unbranched alkanes of at least 4 members (excludes halogenated alkanes) is 2. The molecular formula is C18H30BrN. The molecule has 0 aliphatic carbocycles. The Kier molecular flexibility index (Phi) is 7.83. The van der Waals surface area contributed by atoms with Crippen LogP contribution in [0.3, 0.4) is 0 Å². The van der Waals surface area contributed by atoms with Gasteiger partial charge in [0.15, 0.2) is 0 Å². The van der Waals surface area contributed by atoms with Crippen molar-refractivity contribution >= 4 is 15.9 Å². The summed E-state index contributed by atoms with van der Waals surface area (Å²) in [5, 5.41) is 3.67. The van der Waals surface area contributed by atoms with Crippen LogP contribution in [0, 0.1) is 5.92 Å². The van der Waals surface area contributed by atoms with Crippen molar-refractivity contribution in [1.29, 1.82) is 0 Å². The molecular weight excluding hydrogens is 310 g/mol. The summed E-state index contributed by atoms with van der Waals surface area (Å²) < 4.78 is 1.16. The minimum atomic E-state index is 0.211. The highest BCUT2D eigenvalue weighted by molar-refractivity contribution is 9.10. The Morgan fingerprint density at radius 1 is 1.10 bits per heavy atom. The monoisotopic (exact) mass is 339 g/mol. The van der Waals surface area contributed by atoms with Crippen molar-refractivity contribution in [3.05, 3.63) is 34.3 Å². The van der Waals surface area contributed by atoms with Crippen LogP contribution in [0.4, 0.5) is 0 Å². The van der Waals surface area contributed by atoms with Gasteiger partial charge in [0.1, 0.15) is 0 Å². The van der Waals surface area contributed by atoms with E-state index in [0.717, 1.165) is 16.9 Å². The lowest BCUT2D eigenvalue weighted by atomic mass is 9.92. The van der Waals surface area contributed by atoms with E-state index >= 15 is 0 Å². The average molecular weight is 340 g/mol. The molecule has 0 radical (unpaired) electrons. The van der Waals surface area contributed by atoms with Crippen molar-refractivity contribution in [3.8, 4) is 0 Å². The van der Waals surface area contributed by atoms with E-state index in [0.29, 0.717) is 0 Å². The molecule has 0 bridgehead atoms. The molecule has 114 valence electrons. The molecule has 1 aromatic carbocycles. The van der Waals surface area contributed by atoms with Gasteiger partial charge in [0.2, 0.25) is 0 Å². The Hall–Kier alpha value is -0.340. The molecule has 0 aliphatic heterocycles. The number of halogens is 1. The van der Waals surface area contributed by atoms with Crippen LogP contribution in [0.2, 0.25) is 0 Å². The molecule has 20 heavy (non-hydrogen) atoms. The van der Waals surface area contributed by atoms with Crippen molar-refractivity contribution in [2.24, 2.45) is 5.92 Å². The van der Waals surface area contributed by atoms with E-state index in [4.69, 9.17) is 0 Å². The fraction of sp³-hybridized carbons (Fsp3) is 0.667. The first-order valence-electron chi connectivity index (χ1n) is 7.90. The van der Waals surface area contributed by atoms with Crippen LogP contribution in [0.25, 0.3) is 0 Å². The van der Waals surface area contributed by atoms with Crippen LogP contribution in [0.15, 0.2) is 28.7 Å². The molecule has 1 aromatic rings. The van der Waals surface area contributed by atoms with Crippen molar-refractivity contribution in [2.75, 3.05) is 6.54 Å². The second kappa shape index (κ2) is 8.84. The normalized spacial score (nSPS) is 13.4. The molecule has 0 amide bonds. The molecule has 0 aliphatic rings. The van der Waals surface area contributed by atoms with Gasteiger partial charge in [-0.15, -0.1) is 0 Å². The second-order valence-electron chi connectivity index (χ2n) is 6.82. The Morgan fingerprint density at radius 2 is 1.75 bits per heavy atom. The van der Waals surface area contributed by atoms with Crippen molar-refractivity contribution in [3.63, 3.8) is 0 Å². The number of hydrogen-bond acceptors (Lipinski definition) is 1. The molecule has 0 saturated heterocycles. The van der Waals surface area contributed by atoms with E-state index in [1.54, 1.807) is 0 Å². The molecule has 0 heterocycles. The van der Waals surface area contributed by atoms with Gasteiger partial charge in [-0.05, 0) is 63.8 Å². The average Bonchev–Trinajstić information content (AvgIpc) is 2.37. The lowest BCUT2D eigenvalue weighted by Gasteiger charge is -2.25. The molecule has 1 rings (SSSR count). The first-order valence-corrected chi connectivity index (χ1v) is 8.69. The standard InChI is InChI=1S/C18H30BrN/c1-5-6-7-8-16(14-20-18(2,3)4)13-15-9-11-17(19)12-10-15/h9-12,16,20H,5-8,13-14H2,1-4H3. The highest BCUT2D eigenvalue weighted by Crippen LogP contribution is 2.18. The molecule has 1 nitrogen and oxygen atoms in total. The third-order valence-corrected chi connectivity index (χ3v) is 4.10. The summed E-state index contributed by atoms with van der Waals surface area (Å²) in [5.41, 5.74) is 1.66. The summed E-state index contributed by atoms with van der Waals surface area (Å²) in [7, 11) is 0. The molecule has 0 aromatic heterocycles. The predicted octanol–water partition coefficient (Wildman–Crippen LogP) is 5.58. The van der Waals surface area contributed by atoms with Gasteiger partial charge in [-0.25, -0.2) is 0 Å². The molecule has 0 saturated carbocycles. The van der Waals surface area contributed by atoms with Crippen molar-refractivity contribution in [1.82, 2.24) is 5.32 Å². The number of hydrogen-bond donors (Lipinski definition) is 1. The summed E-state index contributed by atoms with van der Waals surface area (Å²) in [6, 6.07) is 8.78. The quantitative estimate of drug-likeness (QED) is 0.610. The summed E-state index contributed by atoms with van der Waals surface area (Å²) in [6.07, 6.45) is 6.51. The van der Waals surface area contributed by atoms with Gasteiger partial charge in [-0.2, -0.15) is 0 Å². The second-order valence-corrected chi connectivity index (χ2v) is 7.74. The zero-order valence-electron chi connectivity index (χ0n) is 13.5. The van der Waals surface area contributed by atoms with Gasteiger partial charge >= 0.3 is 0 Å². The topological polar surface area (TPSA) is 12.0 Å². The van der Waals surface area contributed by atoms with Crippen molar-refractivity contribution < 1.29 is 0 Å². The molecule has 0 spiro atoms. The molecule has 1 N–H and O–H groups in total. The SMILES string of the molecule is CCCCCC(CNC(C)(C)C)Cc1ccc(Br)cc1. The Labute approximate surface area is 133 Å². The Bertz CT molecular complexity index is 364. The highest BCUT2D eigenvalue weighted by Gasteiger charge is 2.14. The number of nitrogens with one attached hydrogen (secondary N) is 1. The fourth-order valence-corrected chi connectivity index (χ4v) is 2.63. The zero-order valence-corrected chi connectivity index (χ0v) is 15.1. The van der Waals surface area contributed by atoms with Crippen LogP contribution in [0.1, 0.15) is 58.9 Å². The van der Waals surface area contributed by atoms with Gasteiger partial charge in [-0.1, -0.05) is 54.2 Å².